The van der Waals surface area contributed by atoms with Crippen LogP contribution in [0.25, 0.3) is 0 Å². The van der Waals surface area contributed by atoms with Crippen LogP contribution in [0.1, 0.15) is 22.3 Å². The van der Waals surface area contributed by atoms with E-state index in [1.54, 1.807) is 31.4 Å². The Balaban J connectivity index is 1.98. The lowest BCUT2D eigenvalue weighted by molar-refractivity contribution is -0.143. The summed E-state index contributed by atoms with van der Waals surface area (Å²) in [5, 5.41) is 0. The molecular weight excluding hydrogens is 382 g/mol. The van der Waals surface area contributed by atoms with Crippen molar-refractivity contribution < 1.29 is 27.4 Å². The molecule has 2 aromatic carbocycles. The van der Waals surface area contributed by atoms with Crippen molar-refractivity contribution in [2.24, 2.45) is 0 Å². The van der Waals surface area contributed by atoms with Crippen LogP contribution in [-0.2, 0) is 26.2 Å². The lowest BCUT2D eigenvalue weighted by Gasteiger charge is -2.13. The monoisotopic (exact) mass is 407 g/mol. The van der Waals surface area contributed by atoms with E-state index in [0.717, 1.165) is 22.3 Å². The number of ether oxygens (including phenoxy) is 3. The van der Waals surface area contributed by atoms with E-state index < -0.39 is 22.5 Å². The molecule has 0 amide bonds. The largest absolute Gasteiger partial charge is 0.493 e. The summed E-state index contributed by atoms with van der Waals surface area (Å²) in [4.78, 5) is 12.1. The van der Waals surface area contributed by atoms with Gasteiger partial charge in [0.05, 0.1) is 19.1 Å². The van der Waals surface area contributed by atoms with Crippen molar-refractivity contribution in [3.63, 3.8) is 0 Å². The van der Waals surface area contributed by atoms with Gasteiger partial charge in [0.25, 0.3) is 0 Å². The first-order valence-corrected chi connectivity index (χ1v) is 10.1. The number of benzene rings is 2. The Bertz CT molecular complexity index is 969. The molecule has 0 atom stereocenters. The van der Waals surface area contributed by atoms with E-state index >= 15 is 0 Å². The number of carbonyl (C=O) groups is 1. The van der Waals surface area contributed by atoms with Crippen molar-refractivity contribution in [2.45, 2.75) is 32.3 Å². The SMILES string of the molecule is COc1cc(C)c(COC(=O)CNS(=O)(=O)c2ccc(C)c(C)c2)cc1OC. The first-order chi connectivity index (χ1) is 13.2. The molecule has 0 aromatic heterocycles. The van der Waals surface area contributed by atoms with Crippen LogP contribution in [0.15, 0.2) is 35.2 Å². The van der Waals surface area contributed by atoms with E-state index in [1.807, 2.05) is 20.8 Å². The first kappa shape index (κ1) is 21.7. The van der Waals surface area contributed by atoms with Crippen LogP contribution in [-0.4, -0.2) is 35.2 Å². The zero-order valence-electron chi connectivity index (χ0n) is 16.7. The van der Waals surface area contributed by atoms with Crippen LogP contribution in [0, 0.1) is 20.8 Å². The molecular formula is C20H25NO6S. The third kappa shape index (κ3) is 5.24. The van der Waals surface area contributed by atoms with Crippen molar-refractivity contribution in [2.75, 3.05) is 20.8 Å². The van der Waals surface area contributed by atoms with Gasteiger partial charge in [-0.15, -0.1) is 0 Å². The number of hydrogen-bond donors (Lipinski definition) is 1. The minimum atomic E-state index is -3.79. The van der Waals surface area contributed by atoms with Crippen LogP contribution in [0.2, 0.25) is 0 Å². The van der Waals surface area contributed by atoms with Crippen molar-refractivity contribution in [3.05, 3.63) is 52.6 Å². The number of esters is 1. The molecule has 0 bridgehead atoms. The number of carbonyl (C=O) groups excluding carboxylic acids is 1. The van der Waals surface area contributed by atoms with Gasteiger partial charge in [0.2, 0.25) is 10.0 Å². The Kier molecular flexibility index (Phi) is 7.04. The summed E-state index contributed by atoms with van der Waals surface area (Å²) in [6.07, 6.45) is 0. The number of sulfonamides is 1. The molecule has 28 heavy (non-hydrogen) atoms. The molecule has 2 aromatic rings. The molecule has 8 heteroatoms. The summed E-state index contributed by atoms with van der Waals surface area (Å²) in [5.74, 6) is 0.424. The van der Waals surface area contributed by atoms with Gasteiger partial charge < -0.3 is 14.2 Å². The van der Waals surface area contributed by atoms with Crippen LogP contribution in [0.3, 0.4) is 0 Å². The van der Waals surface area contributed by atoms with Gasteiger partial charge >= 0.3 is 5.97 Å². The molecule has 0 fully saturated rings. The molecule has 0 aliphatic rings. The highest BCUT2D eigenvalue weighted by Crippen LogP contribution is 2.30. The Morgan fingerprint density at radius 3 is 2.18 bits per heavy atom. The van der Waals surface area contributed by atoms with E-state index in [-0.39, 0.29) is 11.5 Å². The molecule has 0 saturated carbocycles. The predicted molar refractivity (Wildman–Crippen MR) is 105 cm³/mol. The average molecular weight is 407 g/mol. The van der Waals surface area contributed by atoms with Gasteiger partial charge in [-0.2, -0.15) is 4.72 Å². The Labute approximate surface area is 165 Å². The van der Waals surface area contributed by atoms with Crippen molar-refractivity contribution >= 4 is 16.0 Å². The molecule has 2 rings (SSSR count). The van der Waals surface area contributed by atoms with E-state index in [9.17, 15) is 13.2 Å². The molecule has 152 valence electrons. The van der Waals surface area contributed by atoms with Gasteiger partial charge in [-0.3, -0.25) is 4.79 Å². The summed E-state index contributed by atoms with van der Waals surface area (Å²) < 4.78 is 42.6. The van der Waals surface area contributed by atoms with Crippen molar-refractivity contribution in [1.29, 1.82) is 0 Å². The van der Waals surface area contributed by atoms with Crippen LogP contribution in [0.4, 0.5) is 0 Å². The topological polar surface area (TPSA) is 90.9 Å². The maximum atomic E-state index is 12.3. The predicted octanol–water partition coefficient (Wildman–Crippen LogP) is 2.65. The van der Waals surface area contributed by atoms with E-state index in [2.05, 4.69) is 4.72 Å². The molecule has 0 aliphatic heterocycles. The third-order valence-corrected chi connectivity index (χ3v) is 5.82. The standard InChI is InChI=1S/C20H25NO6S/c1-13-6-7-17(8-14(13)2)28(23,24)21-11-20(22)27-12-16-10-19(26-5)18(25-4)9-15(16)3/h6-10,21H,11-12H2,1-5H3. The second-order valence-corrected chi connectivity index (χ2v) is 8.13. The highest BCUT2D eigenvalue weighted by atomic mass is 32.2. The van der Waals surface area contributed by atoms with Crippen molar-refractivity contribution in [1.82, 2.24) is 4.72 Å². The van der Waals surface area contributed by atoms with Gasteiger partial charge in [0.15, 0.2) is 11.5 Å². The lowest BCUT2D eigenvalue weighted by Crippen LogP contribution is -2.30. The zero-order valence-corrected chi connectivity index (χ0v) is 17.5. The van der Waals surface area contributed by atoms with Crippen LogP contribution >= 0.6 is 0 Å². The van der Waals surface area contributed by atoms with Crippen molar-refractivity contribution in [3.8, 4) is 11.5 Å². The second kappa shape index (κ2) is 9.07. The Morgan fingerprint density at radius 1 is 0.929 bits per heavy atom. The fraction of sp³-hybridized carbons (Fsp3) is 0.350. The Hall–Kier alpha value is -2.58. The summed E-state index contributed by atoms with van der Waals surface area (Å²) in [6, 6.07) is 8.30. The minimum absolute atomic E-state index is 0.00358. The Morgan fingerprint density at radius 2 is 1.57 bits per heavy atom. The molecule has 0 saturated heterocycles. The van der Waals surface area contributed by atoms with E-state index in [4.69, 9.17) is 14.2 Å². The number of aryl methyl sites for hydroxylation is 3. The van der Waals surface area contributed by atoms with E-state index in [1.165, 1.54) is 13.2 Å². The van der Waals surface area contributed by atoms with Gasteiger partial charge in [0, 0.05) is 0 Å². The van der Waals surface area contributed by atoms with E-state index in [0.29, 0.717) is 11.5 Å². The first-order valence-electron chi connectivity index (χ1n) is 8.62. The smallest absolute Gasteiger partial charge is 0.321 e. The molecule has 0 spiro atoms. The second-order valence-electron chi connectivity index (χ2n) is 6.36. The fourth-order valence-electron chi connectivity index (χ4n) is 2.51. The molecule has 0 radical (unpaired) electrons. The fourth-order valence-corrected chi connectivity index (χ4v) is 3.56. The third-order valence-electron chi connectivity index (χ3n) is 4.43. The summed E-state index contributed by atoms with van der Waals surface area (Å²) in [5.41, 5.74) is 3.45. The maximum Gasteiger partial charge on any atom is 0.321 e. The number of nitrogens with one attached hydrogen (secondary N) is 1. The highest BCUT2D eigenvalue weighted by Gasteiger charge is 2.17. The van der Waals surface area contributed by atoms with Gasteiger partial charge in [-0.25, -0.2) is 8.42 Å². The van der Waals surface area contributed by atoms with Gasteiger partial charge in [-0.1, -0.05) is 6.07 Å². The zero-order chi connectivity index (χ0) is 20.9. The maximum absolute atomic E-state index is 12.3. The van der Waals surface area contributed by atoms with Crippen LogP contribution in [0.5, 0.6) is 11.5 Å². The van der Waals surface area contributed by atoms with Gasteiger partial charge in [0.1, 0.15) is 13.2 Å². The summed E-state index contributed by atoms with van der Waals surface area (Å²) in [7, 11) is -0.734. The summed E-state index contributed by atoms with van der Waals surface area (Å²) in [6.45, 7) is 5.12. The normalized spacial score (nSPS) is 11.2. The minimum Gasteiger partial charge on any atom is -0.493 e. The molecule has 0 unspecified atom stereocenters. The lowest BCUT2D eigenvalue weighted by atomic mass is 10.1. The quantitative estimate of drug-likeness (QED) is 0.677. The molecule has 0 aliphatic carbocycles. The summed E-state index contributed by atoms with van der Waals surface area (Å²) >= 11 is 0. The molecule has 0 heterocycles. The molecule has 1 N–H and O–H groups in total. The number of methoxy groups -OCH3 is 2. The average Bonchev–Trinajstić information content (AvgIpc) is 2.67. The number of rotatable bonds is 8. The van der Waals surface area contributed by atoms with Crippen LogP contribution < -0.4 is 14.2 Å². The molecule has 7 nitrogen and oxygen atoms in total. The highest BCUT2D eigenvalue weighted by molar-refractivity contribution is 7.89. The van der Waals surface area contributed by atoms with Gasteiger partial charge in [-0.05, 0) is 67.3 Å². The number of hydrogen-bond acceptors (Lipinski definition) is 6.